The molecule has 0 radical (unpaired) electrons. The molecule has 1 aliphatic rings. The molecule has 0 aliphatic carbocycles. The van der Waals surface area contributed by atoms with Crippen LogP contribution in [0.1, 0.15) is 31.7 Å². The van der Waals surface area contributed by atoms with Gasteiger partial charge in [0.2, 0.25) is 0 Å². The summed E-state index contributed by atoms with van der Waals surface area (Å²) in [5.74, 6) is -0.113. The molecule has 17 heavy (non-hydrogen) atoms. The molecular weight excluding hydrogens is 215 g/mol. The van der Waals surface area contributed by atoms with Gasteiger partial charge in [0.05, 0.1) is 0 Å². The maximum absolute atomic E-state index is 13.9. The molecule has 0 bridgehead atoms. The molecule has 2 nitrogen and oxygen atoms in total. The van der Waals surface area contributed by atoms with E-state index in [1.54, 1.807) is 6.07 Å². The average molecular weight is 236 g/mol. The minimum atomic E-state index is -0.113. The molecule has 1 aliphatic heterocycles. The Morgan fingerprint density at radius 2 is 2.06 bits per heavy atom. The summed E-state index contributed by atoms with van der Waals surface area (Å²) in [6.07, 6.45) is 3.92. The second-order valence-corrected chi connectivity index (χ2v) is 4.80. The summed E-state index contributed by atoms with van der Waals surface area (Å²) in [4.78, 5) is 2.28. The molecule has 1 aromatic carbocycles. The quantitative estimate of drug-likeness (QED) is 0.871. The van der Waals surface area contributed by atoms with Crippen molar-refractivity contribution in [1.29, 1.82) is 0 Å². The Morgan fingerprint density at radius 1 is 1.35 bits per heavy atom. The van der Waals surface area contributed by atoms with Gasteiger partial charge in [-0.05, 0) is 37.8 Å². The SMILES string of the molecule is CCC(N)Cc1c(F)cccc1N1CCCC1. The third kappa shape index (κ3) is 2.78. The van der Waals surface area contributed by atoms with Crippen molar-refractivity contribution in [3.8, 4) is 0 Å². The number of benzene rings is 1. The molecule has 1 aromatic rings. The minimum absolute atomic E-state index is 0.0493. The first-order chi connectivity index (χ1) is 8.22. The largest absolute Gasteiger partial charge is 0.371 e. The van der Waals surface area contributed by atoms with E-state index < -0.39 is 0 Å². The standard InChI is InChI=1S/C14H21FN2/c1-2-11(16)10-12-13(15)6-5-7-14(12)17-8-3-4-9-17/h5-7,11H,2-4,8-10,16H2,1H3. The Morgan fingerprint density at radius 3 is 2.71 bits per heavy atom. The van der Waals surface area contributed by atoms with Gasteiger partial charge in [-0.15, -0.1) is 0 Å². The molecular formula is C14H21FN2. The van der Waals surface area contributed by atoms with Crippen LogP contribution in [0.5, 0.6) is 0 Å². The molecule has 2 N–H and O–H groups in total. The van der Waals surface area contributed by atoms with Crippen LogP contribution < -0.4 is 10.6 Å². The first-order valence-corrected chi connectivity index (χ1v) is 6.50. The van der Waals surface area contributed by atoms with Gasteiger partial charge in [0.15, 0.2) is 0 Å². The van der Waals surface area contributed by atoms with Crippen molar-refractivity contribution in [2.75, 3.05) is 18.0 Å². The Kier molecular flexibility index (Phi) is 4.00. The van der Waals surface area contributed by atoms with Gasteiger partial charge in [0.1, 0.15) is 5.82 Å². The Hall–Kier alpha value is -1.09. The second-order valence-electron chi connectivity index (χ2n) is 4.80. The number of hydrogen-bond acceptors (Lipinski definition) is 2. The highest BCUT2D eigenvalue weighted by atomic mass is 19.1. The third-order valence-electron chi connectivity index (χ3n) is 3.53. The summed E-state index contributed by atoms with van der Waals surface area (Å²) in [7, 11) is 0. The fourth-order valence-corrected chi connectivity index (χ4v) is 2.41. The molecule has 1 fully saturated rings. The maximum atomic E-state index is 13.9. The minimum Gasteiger partial charge on any atom is -0.371 e. The van der Waals surface area contributed by atoms with E-state index in [-0.39, 0.29) is 11.9 Å². The second kappa shape index (κ2) is 5.50. The zero-order valence-corrected chi connectivity index (χ0v) is 10.5. The zero-order valence-electron chi connectivity index (χ0n) is 10.5. The van der Waals surface area contributed by atoms with Crippen molar-refractivity contribution < 1.29 is 4.39 Å². The van der Waals surface area contributed by atoms with E-state index in [0.29, 0.717) is 6.42 Å². The van der Waals surface area contributed by atoms with Crippen molar-refractivity contribution in [2.45, 2.75) is 38.6 Å². The van der Waals surface area contributed by atoms with Crippen LogP contribution in [0.2, 0.25) is 0 Å². The van der Waals surface area contributed by atoms with Gasteiger partial charge in [-0.2, -0.15) is 0 Å². The molecule has 3 heteroatoms. The van der Waals surface area contributed by atoms with Crippen molar-refractivity contribution in [3.05, 3.63) is 29.6 Å². The van der Waals surface area contributed by atoms with E-state index in [4.69, 9.17) is 5.73 Å². The molecule has 1 saturated heterocycles. The van der Waals surface area contributed by atoms with Crippen LogP contribution >= 0.6 is 0 Å². The monoisotopic (exact) mass is 236 g/mol. The number of halogens is 1. The Balaban J connectivity index is 2.27. The van der Waals surface area contributed by atoms with Crippen LogP contribution in [0.15, 0.2) is 18.2 Å². The van der Waals surface area contributed by atoms with Crippen molar-refractivity contribution in [2.24, 2.45) is 5.73 Å². The van der Waals surface area contributed by atoms with Gasteiger partial charge in [-0.1, -0.05) is 13.0 Å². The van der Waals surface area contributed by atoms with Gasteiger partial charge in [-0.3, -0.25) is 0 Å². The van der Waals surface area contributed by atoms with Crippen LogP contribution in [0.3, 0.4) is 0 Å². The van der Waals surface area contributed by atoms with Gasteiger partial charge in [0, 0.05) is 30.4 Å². The molecule has 1 heterocycles. The lowest BCUT2D eigenvalue weighted by Crippen LogP contribution is -2.25. The van der Waals surface area contributed by atoms with Gasteiger partial charge in [0.25, 0.3) is 0 Å². The van der Waals surface area contributed by atoms with Crippen molar-refractivity contribution in [1.82, 2.24) is 0 Å². The molecule has 0 aromatic heterocycles. The van der Waals surface area contributed by atoms with Gasteiger partial charge >= 0.3 is 0 Å². The van der Waals surface area contributed by atoms with Crippen LogP contribution in [0.4, 0.5) is 10.1 Å². The van der Waals surface area contributed by atoms with Crippen LogP contribution in [0, 0.1) is 5.82 Å². The number of nitrogens with zero attached hydrogens (tertiary/aromatic N) is 1. The predicted molar refractivity (Wildman–Crippen MR) is 69.8 cm³/mol. The van der Waals surface area contributed by atoms with Crippen LogP contribution in [0.25, 0.3) is 0 Å². The summed E-state index contributed by atoms with van der Waals surface area (Å²) in [6, 6.07) is 5.40. The molecule has 94 valence electrons. The number of rotatable bonds is 4. The molecule has 0 saturated carbocycles. The van der Waals surface area contributed by atoms with E-state index in [0.717, 1.165) is 30.8 Å². The molecule has 2 rings (SSSR count). The van der Waals surface area contributed by atoms with Crippen molar-refractivity contribution >= 4 is 5.69 Å². The third-order valence-corrected chi connectivity index (χ3v) is 3.53. The van der Waals surface area contributed by atoms with Crippen LogP contribution in [-0.4, -0.2) is 19.1 Å². The summed E-state index contributed by atoms with van der Waals surface area (Å²) in [6.45, 7) is 4.12. The van der Waals surface area contributed by atoms with Crippen molar-refractivity contribution in [3.63, 3.8) is 0 Å². The highest BCUT2D eigenvalue weighted by Gasteiger charge is 2.19. The summed E-state index contributed by atoms with van der Waals surface area (Å²) in [5.41, 5.74) is 7.80. The first-order valence-electron chi connectivity index (χ1n) is 6.50. The highest BCUT2D eigenvalue weighted by molar-refractivity contribution is 5.55. The first kappa shape index (κ1) is 12.4. The van der Waals surface area contributed by atoms with E-state index in [2.05, 4.69) is 4.90 Å². The number of nitrogens with two attached hydrogens (primary N) is 1. The predicted octanol–water partition coefficient (Wildman–Crippen LogP) is 2.71. The van der Waals surface area contributed by atoms with Gasteiger partial charge in [-0.25, -0.2) is 4.39 Å². The fraction of sp³-hybridized carbons (Fsp3) is 0.571. The van der Waals surface area contributed by atoms with Crippen LogP contribution in [-0.2, 0) is 6.42 Å². The smallest absolute Gasteiger partial charge is 0.128 e. The zero-order chi connectivity index (χ0) is 12.3. The molecule has 0 amide bonds. The summed E-state index contributed by atoms with van der Waals surface area (Å²) < 4.78 is 13.9. The summed E-state index contributed by atoms with van der Waals surface area (Å²) in [5, 5.41) is 0. The summed E-state index contributed by atoms with van der Waals surface area (Å²) >= 11 is 0. The van der Waals surface area contributed by atoms with E-state index in [9.17, 15) is 4.39 Å². The fourth-order valence-electron chi connectivity index (χ4n) is 2.41. The highest BCUT2D eigenvalue weighted by Crippen LogP contribution is 2.27. The normalized spacial score (nSPS) is 17.5. The lowest BCUT2D eigenvalue weighted by Gasteiger charge is -2.23. The lowest BCUT2D eigenvalue weighted by atomic mass is 10.0. The van der Waals surface area contributed by atoms with E-state index in [1.165, 1.54) is 18.9 Å². The number of anilines is 1. The van der Waals surface area contributed by atoms with E-state index in [1.807, 2.05) is 13.0 Å². The maximum Gasteiger partial charge on any atom is 0.128 e. The topological polar surface area (TPSA) is 29.3 Å². The Bertz CT molecular complexity index is 372. The average Bonchev–Trinajstić information content (AvgIpc) is 2.85. The molecule has 1 atom stereocenters. The molecule has 1 unspecified atom stereocenters. The van der Waals surface area contributed by atoms with Gasteiger partial charge < -0.3 is 10.6 Å². The van der Waals surface area contributed by atoms with E-state index >= 15 is 0 Å². The number of hydrogen-bond donors (Lipinski definition) is 1. The lowest BCUT2D eigenvalue weighted by molar-refractivity contribution is 0.578. The molecule has 0 spiro atoms. The Labute approximate surface area is 103 Å².